The molecular formula is C11H10ClNO3. The van der Waals surface area contributed by atoms with Crippen LogP contribution in [0.2, 0.25) is 5.02 Å². The fraction of sp³-hybridized carbons (Fsp3) is 0.273. The molecule has 4 nitrogen and oxygen atoms in total. The molecule has 1 saturated heterocycles. The van der Waals surface area contributed by atoms with Gasteiger partial charge in [0, 0.05) is 10.7 Å². The van der Waals surface area contributed by atoms with Gasteiger partial charge in [0.25, 0.3) is 0 Å². The van der Waals surface area contributed by atoms with Crippen molar-refractivity contribution in [1.82, 2.24) is 0 Å². The van der Waals surface area contributed by atoms with E-state index >= 15 is 0 Å². The third-order valence-corrected chi connectivity index (χ3v) is 2.91. The van der Waals surface area contributed by atoms with Gasteiger partial charge in [0.2, 0.25) is 0 Å². The van der Waals surface area contributed by atoms with Gasteiger partial charge in [-0.25, -0.2) is 4.79 Å². The van der Waals surface area contributed by atoms with Crippen molar-refractivity contribution in [3.63, 3.8) is 0 Å². The number of carbonyl (C=O) groups excluding carboxylic acids is 2. The lowest BCUT2D eigenvalue weighted by Crippen LogP contribution is -2.45. The van der Waals surface area contributed by atoms with Gasteiger partial charge >= 0.3 is 11.9 Å². The summed E-state index contributed by atoms with van der Waals surface area (Å²) in [4.78, 5) is 24.1. The van der Waals surface area contributed by atoms with Crippen LogP contribution in [0.3, 0.4) is 0 Å². The van der Waals surface area contributed by atoms with Crippen molar-refractivity contribution in [2.75, 3.05) is 18.1 Å². The van der Waals surface area contributed by atoms with Gasteiger partial charge in [-0.1, -0.05) is 17.7 Å². The molecule has 5 heteroatoms. The average molecular weight is 240 g/mol. The number of hydrogen-bond donors (Lipinski definition) is 0. The summed E-state index contributed by atoms with van der Waals surface area (Å²) in [5, 5.41) is 0.573. The first-order chi connectivity index (χ1) is 7.61. The number of rotatable bonds is 1. The molecule has 1 aromatic carbocycles. The van der Waals surface area contributed by atoms with E-state index in [-0.39, 0.29) is 6.61 Å². The van der Waals surface area contributed by atoms with Crippen LogP contribution in [0.15, 0.2) is 18.2 Å². The van der Waals surface area contributed by atoms with Crippen molar-refractivity contribution < 1.29 is 14.3 Å². The summed E-state index contributed by atoms with van der Waals surface area (Å²) in [6.45, 7) is 2.40. The van der Waals surface area contributed by atoms with Crippen LogP contribution in [0.1, 0.15) is 5.56 Å². The maximum Gasteiger partial charge on any atom is 0.397 e. The van der Waals surface area contributed by atoms with E-state index in [1.807, 2.05) is 6.92 Å². The van der Waals surface area contributed by atoms with E-state index in [2.05, 4.69) is 4.74 Å². The standard InChI is InChI=1S/C11H10ClNO3/c1-7-8(12)3-2-4-9(7)13-5-6-16-11(15)10(13)14/h2-4H,5-6H2,1H3. The number of amides is 1. The Bertz CT molecular complexity index is 459. The van der Waals surface area contributed by atoms with Crippen molar-refractivity contribution in [2.45, 2.75) is 6.92 Å². The predicted molar refractivity (Wildman–Crippen MR) is 59.5 cm³/mol. The summed E-state index contributed by atoms with van der Waals surface area (Å²) >= 11 is 5.96. The molecular weight excluding hydrogens is 230 g/mol. The third-order valence-electron chi connectivity index (χ3n) is 2.50. The van der Waals surface area contributed by atoms with Crippen LogP contribution in [-0.4, -0.2) is 25.0 Å². The molecule has 1 amide bonds. The van der Waals surface area contributed by atoms with E-state index in [1.54, 1.807) is 18.2 Å². The summed E-state index contributed by atoms with van der Waals surface area (Å²) in [7, 11) is 0. The normalized spacial score (nSPS) is 16.2. The number of nitrogens with zero attached hydrogens (tertiary/aromatic N) is 1. The highest BCUT2D eigenvalue weighted by Crippen LogP contribution is 2.27. The first-order valence-corrected chi connectivity index (χ1v) is 5.23. The highest BCUT2D eigenvalue weighted by molar-refractivity contribution is 6.39. The molecule has 0 radical (unpaired) electrons. The minimum absolute atomic E-state index is 0.219. The quantitative estimate of drug-likeness (QED) is 0.552. The molecule has 16 heavy (non-hydrogen) atoms. The largest absolute Gasteiger partial charge is 0.457 e. The maximum atomic E-state index is 11.6. The molecule has 84 valence electrons. The number of carbonyl (C=O) groups is 2. The van der Waals surface area contributed by atoms with Gasteiger partial charge in [-0.2, -0.15) is 0 Å². The van der Waals surface area contributed by atoms with Gasteiger partial charge in [-0.3, -0.25) is 9.69 Å². The van der Waals surface area contributed by atoms with Gasteiger partial charge in [0.15, 0.2) is 0 Å². The zero-order valence-corrected chi connectivity index (χ0v) is 9.45. The molecule has 1 heterocycles. The van der Waals surface area contributed by atoms with Gasteiger partial charge < -0.3 is 4.74 Å². The average Bonchev–Trinajstić information content (AvgIpc) is 2.27. The van der Waals surface area contributed by atoms with Gasteiger partial charge in [-0.05, 0) is 24.6 Å². The molecule has 1 aliphatic rings. The fourth-order valence-corrected chi connectivity index (χ4v) is 1.79. The van der Waals surface area contributed by atoms with E-state index in [1.165, 1.54) is 4.90 Å². The smallest absolute Gasteiger partial charge is 0.397 e. The molecule has 2 rings (SSSR count). The Kier molecular flexibility index (Phi) is 2.83. The van der Waals surface area contributed by atoms with Crippen molar-refractivity contribution in [1.29, 1.82) is 0 Å². The summed E-state index contributed by atoms with van der Waals surface area (Å²) in [6.07, 6.45) is 0. The van der Waals surface area contributed by atoms with Crippen LogP contribution in [0.25, 0.3) is 0 Å². The zero-order chi connectivity index (χ0) is 11.7. The molecule has 1 fully saturated rings. The first-order valence-electron chi connectivity index (χ1n) is 4.85. The van der Waals surface area contributed by atoms with Crippen molar-refractivity contribution in [2.24, 2.45) is 0 Å². The Morgan fingerprint density at radius 3 is 2.88 bits per heavy atom. The van der Waals surface area contributed by atoms with E-state index < -0.39 is 11.9 Å². The molecule has 1 aromatic rings. The van der Waals surface area contributed by atoms with Crippen molar-refractivity contribution >= 4 is 29.2 Å². The van der Waals surface area contributed by atoms with Crippen molar-refractivity contribution in [3.8, 4) is 0 Å². The Balaban J connectivity index is 2.40. The number of esters is 1. The van der Waals surface area contributed by atoms with Gasteiger partial charge in [-0.15, -0.1) is 0 Å². The third kappa shape index (κ3) is 1.76. The van der Waals surface area contributed by atoms with Crippen LogP contribution in [0.5, 0.6) is 0 Å². The molecule has 0 aliphatic carbocycles. The SMILES string of the molecule is Cc1c(Cl)cccc1N1CCOC(=O)C1=O. The second kappa shape index (κ2) is 4.14. The number of halogens is 1. The molecule has 0 atom stereocenters. The van der Waals surface area contributed by atoms with Crippen molar-refractivity contribution in [3.05, 3.63) is 28.8 Å². The molecule has 0 unspecified atom stereocenters. The van der Waals surface area contributed by atoms with Crippen LogP contribution >= 0.6 is 11.6 Å². The highest BCUT2D eigenvalue weighted by atomic mass is 35.5. The van der Waals surface area contributed by atoms with E-state index in [9.17, 15) is 9.59 Å². The van der Waals surface area contributed by atoms with Gasteiger partial charge in [0.05, 0.1) is 6.54 Å². The summed E-state index contributed by atoms with van der Waals surface area (Å²) in [6, 6.07) is 5.25. The molecule has 0 bridgehead atoms. The second-order valence-corrected chi connectivity index (χ2v) is 3.88. The molecule has 0 spiro atoms. The first kappa shape index (κ1) is 11.0. The second-order valence-electron chi connectivity index (χ2n) is 3.48. The van der Waals surface area contributed by atoms with Gasteiger partial charge in [0.1, 0.15) is 6.61 Å². The topological polar surface area (TPSA) is 46.6 Å². The Morgan fingerprint density at radius 2 is 2.12 bits per heavy atom. The minimum atomic E-state index is -0.814. The molecule has 1 aliphatic heterocycles. The van der Waals surface area contributed by atoms with Crippen LogP contribution in [0, 0.1) is 6.92 Å². The van der Waals surface area contributed by atoms with Crippen LogP contribution in [0.4, 0.5) is 5.69 Å². The van der Waals surface area contributed by atoms with E-state index in [0.29, 0.717) is 17.3 Å². The Labute approximate surface area is 97.7 Å². The summed E-state index contributed by atoms with van der Waals surface area (Å²) in [5.41, 5.74) is 1.45. The lowest BCUT2D eigenvalue weighted by atomic mass is 10.1. The number of cyclic esters (lactones) is 1. The lowest BCUT2D eigenvalue weighted by Gasteiger charge is -2.27. The van der Waals surface area contributed by atoms with E-state index in [4.69, 9.17) is 11.6 Å². The zero-order valence-electron chi connectivity index (χ0n) is 8.70. The van der Waals surface area contributed by atoms with Crippen LogP contribution < -0.4 is 4.90 Å². The minimum Gasteiger partial charge on any atom is -0.457 e. The monoisotopic (exact) mass is 239 g/mol. The number of benzene rings is 1. The number of ether oxygens (including phenoxy) is 1. The highest BCUT2D eigenvalue weighted by Gasteiger charge is 2.30. The summed E-state index contributed by atoms with van der Waals surface area (Å²) in [5.74, 6) is -1.46. The summed E-state index contributed by atoms with van der Waals surface area (Å²) < 4.78 is 4.65. The lowest BCUT2D eigenvalue weighted by molar-refractivity contribution is -0.156. The number of morpholine rings is 1. The number of anilines is 1. The fourth-order valence-electron chi connectivity index (χ4n) is 1.62. The Morgan fingerprint density at radius 1 is 1.38 bits per heavy atom. The Hall–Kier alpha value is -1.55. The molecule has 0 N–H and O–H groups in total. The maximum absolute atomic E-state index is 11.6. The predicted octanol–water partition coefficient (Wildman–Crippen LogP) is 1.54. The van der Waals surface area contributed by atoms with E-state index in [0.717, 1.165) is 5.56 Å². The molecule has 0 saturated carbocycles. The number of hydrogen-bond acceptors (Lipinski definition) is 3. The van der Waals surface area contributed by atoms with Crippen LogP contribution in [-0.2, 0) is 14.3 Å². The molecule has 0 aromatic heterocycles.